The van der Waals surface area contributed by atoms with Crippen LogP contribution in [0.2, 0.25) is 0 Å². The lowest BCUT2D eigenvalue weighted by atomic mass is 9.86. The van der Waals surface area contributed by atoms with Crippen molar-refractivity contribution in [3.05, 3.63) is 33.1 Å². The maximum absolute atomic E-state index is 15.4. The molecule has 2 aliphatic heterocycles. The smallest absolute Gasteiger partial charge is 0.463 e. The molecule has 21 nitrogen and oxygen atoms in total. The Hall–Kier alpha value is -2.94. The summed E-state index contributed by atoms with van der Waals surface area (Å²) in [5.74, 6) is -7.00. The summed E-state index contributed by atoms with van der Waals surface area (Å²) in [5.41, 5.74) is 2.23. The average Bonchev–Trinajstić information content (AvgIpc) is 3.32. The molecule has 3 heterocycles. The van der Waals surface area contributed by atoms with Crippen LogP contribution in [0.1, 0.15) is 27.0 Å². The zero-order valence-electron chi connectivity index (χ0n) is 26.1. The second kappa shape index (κ2) is 14.6. The highest BCUT2D eigenvalue weighted by Crippen LogP contribution is 2.66. The number of fused-ring (bicyclic) bond motifs is 1. The van der Waals surface area contributed by atoms with Gasteiger partial charge in [-0.2, -0.15) is 0 Å². The lowest BCUT2D eigenvalue weighted by molar-refractivity contribution is -0.425. The van der Waals surface area contributed by atoms with E-state index < -0.39 is 123 Å². The molecule has 13 atom stereocenters. The van der Waals surface area contributed by atoms with Crippen LogP contribution in [0, 0.1) is 24.2 Å². The Morgan fingerprint density at radius 3 is 2.44 bits per heavy atom. The van der Waals surface area contributed by atoms with Crippen LogP contribution in [0.15, 0.2) is 21.9 Å². The molecule has 4 rings (SSSR count). The number of carbonyl (C=O) groups is 3. The van der Waals surface area contributed by atoms with E-state index in [0.717, 1.165) is 37.6 Å². The van der Waals surface area contributed by atoms with E-state index in [1.54, 1.807) is 0 Å². The second-order valence-electron chi connectivity index (χ2n) is 11.2. The van der Waals surface area contributed by atoms with Gasteiger partial charge in [0.05, 0.1) is 12.5 Å². The largest absolute Gasteiger partial charge is 0.481 e. The van der Waals surface area contributed by atoms with Gasteiger partial charge in [-0.15, -0.1) is 6.42 Å². The van der Waals surface area contributed by atoms with Crippen LogP contribution in [-0.4, -0.2) is 109 Å². The lowest BCUT2D eigenvalue weighted by Crippen LogP contribution is -2.66. The highest BCUT2D eigenvalue weighted by molar-refractivity contribution is 8.08. The van der Waals surface area contributed by atoms with Gasteiger partial charge in [0.25, 0.3) is 5.56 Å². The lowest BCUT2D eigenvalue weighted by Gasteiger charge is -2.51. The number of aromatic amines is 1. The number of hydrogen-bond acceptors (Lipinski definition) is 18. The molecule has 8 unspecified atom stereocenters. The molecular weight excluding hydrogens is 743 g/mol. The fourth-order valence-electron chi connectivity index (χ4n) is 5.84. The van der Waals surface area contributed by atoms with Gasteiger partial charge in [-0.25, -0.2) is 18.1 Å². The summed E-state index contributed by atoms with van der Waals surface area (Å²) in [6.07, 6.45) is -6.66. The van der Waals surface area contributed by atoms with Crippen molar-refractivity contribution in [2.24, 2.45) is 17.6 Å². The SMILES string of the molecule is C#C[C@@]1(N)[C@H](O)[C@@H](COP(O)(=S)OP(=O)(O)OC2OC3(OC(C)=O)C2C(OC(C)=O)C(O)C3[C@@H](F)COC(C)=O)O[C@H]1n1ccc(=O)[nH]c1=O. The summed E-state index contributed by atoms with van der Waals surface area (Å²) < 4.78 is 69.7. The van der Waals surface area contributed by atoms with Crippen molar-refractivity contribution in [1.82, 2.24) is 9.55 Å². The van der Waals surface area contributed by atoms with Crippen molar-refractivity contribution in [3.63, 3.8) is 0 Å². The quantitative estimate of drug-likeness (QED) is 0.0524. The second-order valence-corrected chi connectivity index (χ2v) is 15.6. The van der Waals surface area contributed by atoms with E-state index in [1.807, 2.05) is 4.98 Å². The number of carbonyl (C=O) groups excluding carboxylic acids is 3. The predicted molar refractivity (Wildman–Crippen MR) is 161 cm³/mol. The number of nitrogens with zero attached hydrogens (tertiary/aromatic N) is 1. The number of aromatic nitrogens is 2. The van der Waals surface area contributed by atoms with Gasteiger partial charge in [-0.05, 0) is 11.8 Å². The minimum atomic E-state index is -5.60. The molecule has 0 amide bonds. The molecule has 50 heavy (non-hydrogen) atoms. The summed E-state index contributed by atoms with van der Waals surface area (Å²) in [5, 5.41) is 21.7. The van der Waals surface area contributed by atoms with Crippen LogP contribution in [0.5, 0.6) is 0 Å². The molecule has 25 heteroatoms. The summed E-state index contributed by atoms with van der Waals surface area (Å²) in [6, 6.07) is 0.944. The predicted octanol–water partition coefficient (Wildman–Crippen LogP) is -2.45. The number of esters is 3. The van der Waals surface area contributed by atoms with Crippen LogP contribution in [0.25, 0.3) is 0 Å². The first-order chi connectivity index (χ1) is 23.1. The Kier molecular flexibility index (Phi) is 11.6. The van der Waals surface area contributed by atoms with Crippen molar-refractivity contribution in [2.45, 2.75) is 75.2 Å². The number of hydrogen-bond donors (Lipinski definition) is 6. The van der Waals surface area contributed by atoms with E-state index in [-0.39, 0.29) is 0 Å². The maximum atomic E-state index is 15.4. The number of H-pyrrole nitrogens is 1. The molecule has 0 bridgehead atoms. The van der Waals surface area contributed by atoms with Crippen molar-refractivity contribution in [1.29, 1.82) is 0 Å². The molecule has 3 fully saturated rings. The molecule has 1 aliphatic carbocycles. The van der Waals surface area contributed by atoms with Crippen molar-refractivity contribution in [3.8, 4) is 12.3 Å². The number of rotatable bonds is 13. The van der Waals surface area contributed by atoms with Gasteiger partial charge in [0, 0.05) is 33.0 Å². The third-order valence-electron chi connectivity index (χ3n) is 7.78. The zero-order chi connectivity index (χ0) is 37.6. The number of phosphoric ester groups is 1. The maximum Gasteiger partial charge on any atom is 0.481 e. The number of aliphatic hydroxyl groups is 2. The molecule has 0 spiro atoms. The van der Waals surface area contributed by atoms with Gasteiger partial charge >= 0.3 is 38.1 Å². The Labute approximate surface area is 285 Å². The van der Waals surface area contributed by atoms with Gasteiger partial charge in [-0.3, -0.25) is 33.3 Å². The van der Waals surface area contributed by atoms with Crippen LogP contribution in [0.3, 0.4) is 0 Å². The minimum Gasteiger partial charge on any atom is -0.463 e. The monoisotopic (exact) mass is 775 g/mol. The van der Waals surface area contributed by atoms with Gasteiger partial charge < -0.3 is 53.9 Å². The average molecular weight is 776 g/mol. The third kappa shape index (κ3) is 7.93. The van der Waals surface area contributed by atoms with E-state index in [1.165, 1.54) is 0 Å². The van der Waals surface area contributed by atoms with Crippen LogP contribution >= 0.6 is 14.5 Å². The molecule has 0 aromatic carbocycles. The van der Waals surface area contributed by atoms with Gasteiger partial charge in [-0.1, -0.05) is 5.92 Å². The third-order valence-corrected chi connectivity index (χ3v) is 11.3. The fourth-order valence-corrected chi connectivity index (χ4v) is 8.94. The van der Waals surface area contributed by atoms with Gasteiger partial charge in [0.2, 0.25) is 5.79 Å². The standard InChI is InChI=1S/C25H32FN3O18P2S/c1-5-24(27)20(35)14(43-22(24)29-7-6-15(33)28-23(29)36)9-41-49(39,50)47-48(37,38)46-21-17-19(42-11(3)31)18(34)16(13(26)8-40-10(2)30)25(17,45-21)44-12(4)32/h1,6-7,13-14,16-22,34-35H,8-9,27H2,2-4H3,(H,37,38)(H,39,50)(H,28,33,36)/t13-,14+,16?,17?,18?,19?,20+,21?,22+,24+,25?,49?/m0/s1. The molecule has 1 saturated carbocycles. The number of halogens is 1. The number of aliphatic hydroxyl groups excluding tert-OH is 2. The zero-order valence-corrected chi connectivity index (χ0v) is 28.7. The summed E-state index contributed by atoms with van der Waals surface area (Å²) in [7, 11) is -5.60. The number of nitrogens with two attached hydrogens (primary N) is 1. The number of ether oxygens (including phenoxy) is 5. The Morgan fingerprint density at radius 1 is 1.22 bits per heavy atom. The van der Waals surface area contributed by atoms with Crippen molar-refractivity contribution < 1.29 is 80.4 Å². The number of nitrogens with one attached hydrogen (secondary N) is 1. The Morgan fingerprint density at radius 2 is 1.88 bits per heavy atom. The van der Waals surface area contributed by atoms with Gasteiger partial charge in [0.1, 0.15) is 43.1 Å². The van der Waals surface area contributed by atoms with Gasteiger partial charge in [0.15, 0.2) is 18.1 Å². The van der Waals surface area contributed by atoms with E-state index in [0.29, 0.717) is 0 Å². The van der Waals surface area contributed by atoms with E-state index in [2.05, 4.69) is 15.0 Å². The summed E-state index contributed by atoms with van der Waals surface area (Å²) >= 11 is 4.79. The molecular formula is C25H32FN3O18P2S. The molecule has 1 aromatic rings. The highest BCUT2D eigenvalue weighted by Gasteiger charge is 2.78. The first-order valence-electron chi connectivity index (χ1n) is 14.2. The van der Waals surface area contributed by atoms with E-state index in [4.69, 9.17) is 52.0 Å². The molecule has 3 aliphatic rings. The van der Waals surface area contributed by atoms with Crippen LogP contribution < -0.4 is 17.0 Å². The molecule has 2 saturated heterocycles. The molecule has 278 valence electrons. The molecule has 1 aromatic heterocycles. The molecule has 0 radical (unpaired) electrons. The number of terminal acetylenes is 1. The minimum absolute atomic E-state index is 0.761. The fraction of sp³-hybridized carbons (Fsp3) is 0.640. The van der Waals surface area contributed by atoms with E-state index in [9.17, 15) is 48.5 Å². The number of phosphoric acid groups is 1. The summed E-state index contributed by atoms with van der Waals surface area (Å²) in [6.45, 7) is -3.95. The first kappa shape index (κ1) is 39.8. The summed E-state index contributed by atoms with van der Waals surface area (Å²) in [4.78, 5) is 81.9. The number of alkyl halides is 1. The van der Waals surface area contributed by atoms with Crippen LogP contribution in [-0.2, 0) is 67.8 Å². The first-order valence-corrected chi connectivity index (χ1v) is 18.3. The van der Waals surface area contributed by atoms with E-state index >= 15 is 4.39 Å². The Balaban J connectivity index is 1.49. The normalized spacial score (nSPS) is 36.1. The van der Waals surface area contributed by atoms with Crippen LogP contribution in [0.4, 0.5) is 4.39 Å². The topological polar surface area (TPSA) is 304 Å². The van der Waals surface area contributed by atoms with Crippen molar-refractivity contribution >= 4 is 44.3 Å². The Bertz CT molecular complexity index is 1770. The highest BCUT2D eigenvalue weighted by atomic mass is 32.5. The molecule has 7 N–H and O–H groups in total. The van der Waals surface area contributed by atoms with Crippen molar-refractivity contribution in [2.75, 3.05) is 13.2 Å².